The maximum absolute atomic E-state index is 9.34. The van der Waals surface area contributed by atoms with Crippen molar-refractivity contribution in [3.05, 3.63) is 34.4 Å². The zero-order chi connectivity index (χ0) is 15.9. The van der Waals surface area contributed by atoms with E-state index in [1.54, 1.807) is 0 Å². The van der Waals surface area contributed by atoms with Gasteiger partial charge >= 0.3 is 0 Å². The molecule has 1 N–H and O–H groups in total. The van der Waals surface area contributed by atoms with Crippen LogP contribution in [0.3, 0.4) is 0 Å². The van der Waals surface area contributed by atoms with E-state index in [0.29, 0.717) is 0 Å². The number of nitrogens with zero attached hydrogens (tertiary/aromatic N) is 2. The summed E-state index contributed by atoms with van der Waals surface area (Å²) in [4.78, 5) is 4.80. The molecule has 0 aliphatic carbocycles. The molecule has 0 bridgehead atoms. The first-order chi connectivity index (χ1) is 10.6. The number of aliphatic hydroxyl groups is 1. The molecule has 0 radical (unpaired) electrons. The third-order valence-corrected chi connectivity index (χ3v) is 4.60. The van der Waals surface area contributed by atoms with Gasteiger partial charge in [-0.25, -0.2) is 0 Å². The Morgan fingerprint density at radius 1 is 1.05 bits per heavy atom. The highest BCUT2D eigenvalue weighted by molar-refractivity contribution is 5.36. The molecule has 1 aromatic rings. The van der Waals surface area contributed by atoms with Gasteiger partial charge in [0.2, 0.25) is 0 Å². The topological polar surface area (TPSA) is 35.9 Å². The van der Waals surface area contributed by atoms with Gasteiger partial charge in [-0.1, -0.05) is 12.1 Å². The number of hydrogen-bond acceptors (Lipinski definition) is 4. The first kappa shape index (κ1) is 17.4. The van der Waals surface area contributed by atoms with Gasteiger partial charge < -0.3 is 9.84 Å². The Bertz CT molecular complexity index is 470. The van der Waals surface area contributed by atoms with E-state index < -0.39 is 0 Å². The summed E-state index contributed by atoms with van der Waals surface area (Å²) < 4.78 is 5.39. The summed E-state index contributed by atoms with van der Waals surface area (Å²) in [5, 5.41) is 9.34. The van der Waals surface area contributed by atoms with Crippen molar-refractivity contribution >= 4 is 0 Å². The summed E-state index contributed by atoms with van der Waals surface area (Å²) in [6.07, 6.45) is 0. The monoisotopic (exact) mass is 306 g/mol. The molecule has 1 aliphatic heterocycles. The molecule has 0 atom stereocenters. The predicted octanol–water partition coefficient (Wildman–Crippen LogP) is 1.74. The molecule has 124 valence electrons. The van der Waals surface area contributed by atoms with Crippen molar-refractivity contribution in [3.63, 3.8) is 0 Å². The van der Waals surface area contributed by atoms with Gasteiger partial charge in [-0.2, -0.15) is 0 Å². The van der Waals surface area contributed by atoms with Gasteiger partial charge in [-0.05, 0) is 43.0 Å². The molecule has 1 aliphatic rings. The normalized spacial score (nSPS) is 16.4. The van der Waals surface area contributed by atoms with E-state index in [-0.39, 0.29) is 6.61 Å². The molecule has 2 rings (SSSR count). The highest BCUT2D eigenvalue weighted by atomic mass is 16.5. The van der Waals surface area contributed by atoms with E-state index in [0.717, 1.165) is 52.5 Å². The minimum absolute atomic E-state index is 0.215. The lowest BCUT2D eigenvalue weighted by Gasteiger charge is -2.30. The maximum Gasteiger partial charge on any atom is 0.0594 e. The lowest BCUT2D eigenvalue weighted by Crippen LogP contribution is -2.42. The Hall–Kier alpha value is -0.940. The fourth-order valence-corrected chi connectivity index (χ4v) is 2.95. The van der Waals surface area contributed by atoms with Crippen molar-refractivity contribution in [2.24, 2.45) is 0 Å². The maximum atomic E-state index is 9.34. The van der Waals surface area contributed by atoms with Gasteiger partial charge in [0.25, 0.3) is 0 Å². The number of aliphatic hydroxyl groups excluding tert-OH is 1. The van der Waals surface area contributed by atoms with Crippen molar-refractivity contribution in [1.29, 1.82) is 0 Å². The van der Waals surface area contributed by atoms with Crippen LogP contribution >= 0.6 is 0 Å². The average Bonchev–Trinajstić information content (AvgIpc) is 2.51. The number of aryl methyl sites for hydroxylation is 3. The van der Waals surface area contributed by atoms with Crippen LogP contribution in [0.1, 0.15) is 22.3 Å². The zero-order valence-electron chi connectivity index (χ0n) is 14.3. The number of ether oxygens (including phenoxy) is 1. The highest BCUT2D eigenvalue weighted by Gasteiger charge is 2.13. The molecule has 4 nitrogen and oxygen atoms in total. The molecule has 1 heterocycles. The number of rotatable bonds is 7. The van der Waals surface area contributed by atoms with E-state index in [2.05, 4.69) is 42.7 Å². The van der Waals surface area contributed by atoms with E-state index in [9.17, 15) is 5.11 Å². The van der Waals surface area contributed by atoms with Gasteiger partial charge in [0.05, 0.1) is 19.8 Å². The van der Waals surface area contributed by atoms with Crippen LogP contribution in [0.2, 0.25) is 0 Å². The van der Waals surface area contributed by atoms with E-state index in [1.165, 1.54) is 22.3 Å². The van der Waals surface area contributed by atoms with Crippen LogP contribution in [0.25, 0.3) is 0 Å². The van der Waals surface area contributed by atoms with Crippen LogP contribution in [-0.2, 0) is 11.3 Å². The van der Waals surface area contributed by atoms with E-state index in [4.69, 9.17) is 4.74 Å². The second-order valence-electron chi connectivity index (χ2n) is 6.32. The molecule has 1 fully saturated rings. The van der Waals surface area contributed by atoms with Crippen molar-refractivity contribution in [3.8, 4) is 0 Å². The first-order valence-corrected chi connectivity index (χ1v) is 8.30. The molecule has 1 aromatic carbocycles. The summed E-state index contributed by atoms with van der Waals surface area (Å²) in [7, 11) is 0. The molecule has 1 saturated heterocycles. The van der Waals surface area contributed by atoms with Crippen LogP contribution < -0.4 is 0 Å². The Morgan fingerprint density at radius 2 is 1.73 bits per heavy atom. The quantitative estimate of drug-likeness (QED) is 0.832. The standard InChI is InChI=1S/C18H30N2O2/c1-15-12-17(3)18(13-16(15)2)14-20(6-9-21)5-4-19-7-10-22-11-8-19/h12-13,21H,4-11,14H2,1-3H3. The minimum Gasteiger partial charge on any atom is -0.395 e. The third kappa shape index (κ3) is 5.06. The van der Waals surface area contributed by atoms with Crippen molar-refractivity contribution < 1.29 is 9.84 Å². The van der Waals surface area contributed by atoms with Crippen LogP contribution in [0.4, 0.5) is 0 Å². The summed E-state index contributed by atoms with van der Waals surface area (Å²) in [5.74, 6) is 0. The van der Waals surface area contributed by atoms with Gasteiger partial charge in [0.15, 0.2) is 0 Å². The lowest BCUT2D eigenvalue weighted by atomic mass is 10.0. The van der Waals surface area contributed by atoms with Gasteiger partial charge in [-0.3, -0.25) is 9.80 Å². The molecule has 0 saturated carbocycles. The Labute approximate surface area is 134 Å². The largest absolute Gasteiger partial charge is 0.395 e. The fraction of sp³-hybridized carbons (Fsp3) is 0.667. The molecule has 0 spiro atoms. The summed E-state index contributed by atoms with van der Waals surface area (Å²) >= 11 is 0. The van der Waals surface area contributed by atoms with Crippen LogP contribution in [0, 0.1) is 20.8 Å². The molecule has 0 unspecified atom stereocenters. The highest BCUT2D eigenvalue weighted by Crippen LogP contribution is 2.17. The van der Waals surface area contributed by atoms with Crippen LogP contribution in [0.5, 0.6) is 0 Å². The van der Waals surface area contributed by atoms with Crippen molar-refractivity contribution in [1.82, 2.24) is 9.80 Å². The number of hydrogen-bond donors (Lipinski definition) is 1. The minimum atomic E-state index is 0.215. The van der Waals surface area contributed by atoms with Crippen molar-refractivity contribution in [2.45, 2.75) is 27.3 Å². The second kappa shape index (κ2) is 8.63. The lowest BCUT2D eigenvalue weighted by molar-refractivity contribution is 0.0320. The van der Waals surface area contributed by atoms with E-state index in [1.807, 2.05) is 0 Å². The van der Waals surface area contributed by atoms with Crippen LogP contribution in [0.15, 0.2) is 12.1 Å². The average molecular weight is 306 g/mol. The van der Waals surface area contributed by atoms with Crippen molar-refractivity contribution in [2.75, 3.05) is 52.5 Å². The molecule has 4 heteroatoms. The van der Waals surface area contributed by atoms with E-state index >= 15 is 0 Å². The second-order valence-corrected chi connectivity index (χ2v) is 6.32. The van der Waals surface area contributed by atoms with Crippen LogP contribution in [-0.4, -0.2) is 67.5 Å². The molecular formula is C18H30N2O2. The Balaban J connectivity index is 1.94. The molecule has 0 aromatic heterocycles. The fourth-order valence-electron chi connectivity index (χ4n) is 2.95. The molecular weight excluding hydrogens is 276 g/mol. The molecule has 0 amide bonds. The van der Waals surface area contributed by atoms with Gasteiger partial charge in [-0.15, -0.1) is 0 Å². The Morgan fingerprint density at radius 3 is 2.41 bits per heavy atom. The molecule has 22 heavy (non-hydrogen) atoms. The number of benzene rings is 1. The first-order valence-electron chi connectivity index (χ1n) is 8.30. The zero-order valence-corrected chi connectivity index (χ0v) is 14.3. The SMILES string of the molecule is Cc1cc(C)c(CN(CCO)CCN2CCOCC2)cc1C. The smallest absolute Gasteiger partial charge is 0.0594 e. The summed E-state index contributed by atoms with van der Waals surface area (Å²) in [5.41, 5.74) is 5.41. The third-order valence-electron chi connectivity index (χ3n) is 4.60. The summed E-state index contributed by atoms with van der Waals surface area (Å²) in [6.45, 7) is 14.2. The number of morpholine rings is 1. The Kier molecular flexibility index (Phi) is 6.83. The van der Waals surface area contributed by atoms with Gasteiger partial charge in [0, 0.05) is 39.3 Å². The predicted molar refractivity (Wildman–Crippen MR) is 90.3 cm³/mol. The van der Waals surface area contributed by atoms with Gasteiger partial charge in [0.1, 0.15) is 0 Å². The summed E-state index contributed by atoms with van der Waals surface area (Å²) in [6, 6.07) is 4.56.